The van der Waals surface area contributed by atoms with Crippen molar-refractivity contribution in [3.63, 3.8) is 0 Å². The molecule has 6 rings (SSSR count). The third-order valence-corrected chi connectivity index (χ3v) is 7.92. The quantitative estimate of drug-likeness (QED) is 0.288. The number of nitrogens with one attached hydrogen (secondary N) is 2. The molecule has 192 valence electrons. The van der Waals surface area contributed by atoms with Gasteiger partial charge in [0.25, 0.3) is 11.5 Å². The van der Waals surface area contributed by atoms with Gasteiger partial charge in [-0.15, -0.1) is 0 Å². The number of fused-ring (bicyclic) bond motifs is 2. The van der Waals surface area contributed by atoms with Crippen molar-refractivity contribution >= 4 is 33.9 Å². The van der Waals surface area contributed by atoms with Crippen molar-refractivity contribution in [1.29, 1.82) is 0 Å². The Bertz CT molecular complexity index is 1760. The average Bonchev–Trinajstić information content (AvgIpc) is 3.28. The molecule has 0 aliphatic heterocycles. The molecule has 38 heavy (non-hydrogen) atoms. The second-order valence-corrected chi connectivity index (χ2v) is 10.9. The van der Waals surface area contributed by atoms with E-state index in [1.165, 1.54) is 4.52 Å². The number of hydrogen-bond donors (Lipinski definition) is 2. The highest BCUT2D eigenvalue weighted by Gasteiger charge is 2.41. The molecule has 1 saturated carbocycles. The second-order valence-electron chi connectivity index (χ2n) is 10.5. The van der Waals surface area contributed by atoms with Crippen LogP contribution < -0.4 is 10.9 Å². The highest BCUT2D eigenvalue weighted by molar-refractivity contribution is 6.30. The van der Waals surface area contributed by atoms with Crippen LogP contribution in [0.1, 0.15) is 66.2 Å². The van der Waals surface area contributed by atoms with Crippen LogP contribution in [0.2, 0.25) is 5.02 Å². The Balaban J connectivity index is 1.43. The van der Waals surface area contributed by atoms with E-state index in [1.807, 2.05) is 69.3 Å². The summed E-state index contributed by atoms with van der Waals surface area (Å²) in [6.07, 6.45) is 6.20. The molecule has 3 aromatic heterocycles. The molecule has 8 heteroatoms. The highest BCUT2D eigenvalue weighted by atomic mass is 35.5. The molecular weight excluding hydrogens is 498 g/mol. The van der Waals surface area contributed by atoms with Gasteiger partial charge in [0, 0.05) is 27.7 Å². The Labute approximate surface area is 224 Å². The van der Waals surface area contributed by atoms with E-state index in [2.05, 4.69) is 20.4 Å². The summed E-state index contributed by atoms with van der Waals surface area (Å²) in [5.74, 6) is -0.367. The van der Waals surface area contributed by atoms with Crippen LogP contribution in [0.4, 0.5) is 0 Å². The predicted molar refractivity (Wildman–Crippen MR) is 150 cm³/mol. The van der Waals surface area contributed by atoms with Gasteiger partial charge in [-0.1, -0.05) is 49.7 Å². The third kappa shape index (κ3) is 3.98. The summed E-state index contributed by atoms with van der Waals surface area (Å²) in [7, 11) is 0. The van der Waals surface area contributed by atoms with Gasteiger partial charge in [0.15, 0.2) is 5.69 Å². The number of pyridine rings is 1. The van der Waals surface area contributed by atoms with Crippen LogP contribution >= 0.6 is 11.6 Å². The number of H-pyrrole nitrogens is 1. The fourth-order valence-corrected chi connectivity index (χ4v) is 5.60. The minimum atomic E-state index is -0.460. The van der Waals surface area contributed by atoms with Gasteiger partial charge in [-0.3, -0.25) is 14.6 Å². The monoisotopic (exact) mass is 525 g/mol. The van der Waals surface area contributed by atoms with Gasteiger partial charge in [0.2, 0.25) is 0 Å². The number of hydrogen-bond acceptors (Lipinski definition) is 4. The van der Waals surface area contributed by atoms with Crippen LogP contribution in [0.25, 0.3) is 27.7 Å². The van der Waals surface area contributed by atoms with Gasteiger partial charge >= 0.3 is 0 Å². The molecule has 0 unspecified atom stereocenters. The van der Waals surface area contributed by atoms with Gasteiger partial charge < -0.3 is 10.3 Å². The molecule has 0 spiro atoms. The summed E-state index contributed by atoms with van der Waals surface area (Å²) in [5, 5.41) is 9.58. The molecule has 2 N–H and O–H groups in total. The van der Waals surface area contributed by atoms with E-state index in [9.17, 15) is 9.59 Å². The Morgan fingerprint density at radius 2 is 1.92 bits per heavy atom. The van der Waals surface area contributed by atoms with E-state index in [-0.39, 0.29) is 23.1 Å². The SMILES string of the molecule is Cc1cccc2ncc(-c3cn4nc(C(=O)NC5(c6ccc(Cl)cc6)CCC5)c(C(C)C)c4c(=O)[nH]3)cc12. The fourth-order valence-electron chi connectivity index (χ4n) is 5.47. The van der Waals surface area contributed by atoms with Crippen molar-refractivity contribution in [3.8, 4) is 11.3 Å². The highest BCUT2D eigenvalue weighted by Crippen LogP contribution is 2.42. The molecule has 3 heterocycles. The first kappa shape index (κ1) is 24.4. The Morgan fingerprint density at radius 3 is 2.61 bits per heavy atom. The molecule has 2 aromatic carbocycles. The van der Waals surface area contributed by atoms with Crippen LogP contribution in [0.5, 0.6) is 0 Å². The van der Waals surface area contributed by atoms with Crippen LogP contribution in [-0.4, -0.2) is 25.5 Å². The predicted octanol–water partition coefficient (Wildman–Crippen LogP) is 6.13. The number of carbonyl (C=O) groups is 1. The molecular formula is C30H28ClN5O2. The largest absolute Gasteiger partial charge is 0.341 e. The van der Waals surface area contributed by atoms with Gasteiger partial charge in [-0.2, -0.15) is 5.10 Å². The van der Waals surface area contributed by atoms with Crippen molar-refractivity contribution < 1.29 is 4.79 Å². The summed E-state index contributed by atoms with van der Waals surface area (Å²) in [6.45, 7) is 5.97. The number of aromatic amines is 1. The zero-order chi connectivity index (χ0) is 26.6. The zero-order valence-corrected chi connectivity index (χ0v) is 22.3. The van der Waals surface area contributed by atoms with E-state index in [0.29, 0.717) is 21.8 Å². The number of nitrogens with zero attached hydrogens (tertiary/aromatic N) is 3. The Kier molecular flexibility index (Phi) is 5.83. The standard InChI is InChI=1S/C30H28ClN5O2/c1-17(2)25-26(28(37)34-30(12-5-13-30)20-8-10-21(31)11-9-20)35-36-16-24(33-29(38)27(25)36)19-14-22-18(3)6-4-7-23(22)32-15-19/h4,6-11,14-17H,5,12-13H2,1-3H3,(H,33,38)(H,34,37). The molecule has 0 radical (unpaired) electrons. The lowest BCUT2D eigenvalue weighted by atomic mass is 9.71. The Hall–Kier alpha value is -3.97. The zero-order valence-electron chi connectivity index (χ0n) is 21.5. The summed E-state index contributed by atoms with van der Waals surface area (Å²) in [4.78, 5) is 34.7. The molecule has 5 aromatic rings. The summed E-state index contributed by atoms with van der Waals surface area (Å²) in [6, 6.07) is 15.6. The number of halogens is 1. The maximum absolute atomic E-state index is 13.7. The molecule has 0 atom stereocenters. The van der Waals surface area contributed by atoms with Crippen molar-refractivity contribution in [2.75, 3.05) is 0 Å². The lowest BCUT2D eigenvalue weighted by molar-refractivity contribution is 0.0816. The van der Waals surface area contributed by atoms with Crippen molar-refractivity contribution in [2.45, 2.75) is 51.5 Å². The molecule has 1 amide bonds. The maximum atomic E-state index is 13.7. The number of aromatic nitrogens is 4. The normalized spacial score (nSPS) is 14.7. The van der Waals surface area contributed by atoms with Crippen LogP contribution in [0.15, 0.2) is 65.7 Å². The van der Waals surface area contributed by atoms with Crippen LogP contribution in [0.3, 0.4) is 0 Å². The fraction of sp³-hybridized carbons (Fsp3) is 0.267. The number of aryl methyl sites for hydroxylation is 1. The van der Waals surface area contributed by atoms with E-state index in [0.717, 1.165) is 46.9 Å². The molecule has 1 aliphatic rings. The molecule has 7 nitrogen and oxygen atoms in total. The van der Waals surface area contributed by atoms with E-state index in [1.54, 1.807) is 12.4 Å². The first-order chi connectivity index (χ1) is 18.3. The number of rotatable bonds is 5. The van der Waals surface area contributed by atoms with Crippen molar-refractivity contribution in [1.82, 2.24) is 24.9 Å². The first-order valence-electron chi connectivity index (χ1n) is 12.9. The summed E-state index contributed by atoms with van der Waals surface area (Å²) in [5.41, 5.74) is 4.91. The smallest absolute Gasteiger partial charge is 0.274 e. The minimum Gasteiger partial charge on any atom is -0.341 e. The van der Waals surface area contributed by atoms with E-state index in [4.69, 9.17) is 11.6 Å². The van der Waals surface area contributed by atoms with Crippen molar-refractivity contribution in [2.24, 2.45) is 0 Å². The third-order valence-electron chi connectivity index (χ3n) is 7.67. The summed E-state index contributed by atoms with van der Waals surface area (Å²) < 4.78 is 1.54. The number of amides is 1. The van der Waals surface area contributed by atoms with Crippen LogP contribution in [-0.2, 0) is 5.54 Å². The number of benzene rings is 2. The maximum Gasteiger partial charge on any atom is 0.274 e. The number of carbonyl (C=O) groups excluding carboxylic acids is 1. The van der Waals surface area contributed by atoms with E-state index >= 15 is 0 Å². The van der Waals surface area contributed by atoms with Crippen molar-refractivity contribution in [3.05, 3.63) is 98.7 Å². The molecule has 1 aliphatic carbocycles. The molecule has 0 saturated heterocycles. The lowest BCUT2D eigenvalue weighted by Gasteiger charge is -2.43. The summed E-state index contributed by atoms with van der Waals surface area (Å²) >= 11 is 6.10. The van der Waals surface area contributed by atoms with Gasteiger partial charge in [-0.05, 0) is 67.5 Å². The van der Waals surface area contributed by atoms with Gasteiger partial charge in [0.1, 0.15) is 5.52 Å². The lowest BCUT2D eigenvalue weighted by Crippen LogP contribution is -2.51. The minimum absolute atomic E-state index is 0.0851. The second kappa shape index (κ2) is 9.10. The Morgan fingerprint density at radius 1 is 1.16 bits per heavy atom. The molecule has 0 bridgehead atoms. The van der Waals surface area contributed by atoms with Gasteiger partial charge in [-0.25, -0.2) is 4.52 Å². The topological polar surface area (TPSA) is 92.2 Å². The average molecular weight is 526 g/mol. The first-order valence-corrected chi connectivity index (χ1v) is 13.2. The van der Waals surface area contributed by atoms with Gasteiger partial charge in [0.05, 0.1) is 22.9 Å². The molecule has 1 fully saturated rings. The van der Waals surface area contributed by atoms with Crippen LogP contribution in [0, 0.1) is 6.92 Å². The van der Waals surface area contributed by atoms with E-state index < -0.39 is 5.54 Å².